The van der Waals surface area contributed by atoms with E-state index in [0.29, 0.717) is 17.5 Å². The van der Waals surface area contributed by atoms with Crippen LogP contribution in [0.5, 0.6) is 5.75 Å². The first kappa shape index (κ1) is 25.2. The van der Waals surface area contributed by atoms with Crippen LogP contribution in [-0.2, 0) is 6.42 Å². The number of rotatable bonds is 3. The van der Waals surface area contributed by atoms with Crippen molar-refractivity contribution in [1.82, 2.24) is 15.2 Å². The number of hydrogen-bond donors (Lipinski definition) is 2. The van der Waals surface area contributed by atoms with Crippen LogP contribution >= 0.6 is 0 Å². The number of aromatic nitrogens is 1. The highest BCUT2D eigenvalue weighted by Gasteiger charge is 2.46. The molecule has 8 nitrogen and oxygen atoms in total. The van der Waals surface area contributed by atoms with Crippen LogP contribution < -0.4 is 10.3 Å². The Morgan fingerprint density at radius 2 is 1.86 bits per heavy atom. The van der Waals surface area contributed by atoms with Crippen LogP contribution in [0, 0.1) is 23.2 Å². The van der Waals surface area contributed by atoms with E-state index in [2.05, 4.69) is 27.3 Å². The number of carbonyl (C=O) groups is 1. The number of nitrogens with zero attached hydrogens (tertiary/aromatic N) is 5. The summed E-state index contributed by atoms with van der Waals surface area (Å²) in [5, 5.41) is 29.2. The van der Waals surface area contributed by atoms with Crippen LogP contribution in [0.2, 0.25) is 0 Å². The van der Waals surface area contributed by atoms with Crippen molar-refractivity contribution >= 4 is 17.3 Å². The summed E-state index contributed by atoms with van der Waals surface area (Å²) >= 11 is 0. The number of anilines is 1. The minimum absolute atomic E-state index is 0.0162. The number of benzene rings is 1. The SMILES string of the molecule is CN1CCCC1.CNC(=O)c1ccc2c(n1)CCC1C2=NN(c2ccc(C#N)c(O)c2)C1C1CCCC1. The van der Waals surface area contributed by atoms with Crippen LogP contribution in [0.3, 0.4) is 0 Å². The largest absolute Gasteiger partial charge is 0.506 e. The maximum absolute atomic E-state index is 12.0. The fourth-order valence-electron chi connectivity index (χ4n) is 6.31. The Morgan fingerprint density at radius 3 is 2.49 bits per heavy atom. The van der Waals surface area contributed by atoms with E-state index in [1.165, 1.54) is 51.6 Å². The van der Waals surface area contributed by atoms with Gasteiger partial charge in [-0.25, -0.2) is 4.98 Å². The van der Waals surface area contributed by atoms with Crippen molar-refractivity contribution in [1.29, 1.82) is 5.26 Å². The fraction of sp³-hybridized carbons (Fsp3) is 0.517. The van der Waals surface area contributed by atoms with Gasteiger partial charge in [0.05, 0.1) is 28.7 Å². The van der Waals surface area contributed by atoms with Gasteiger partial charge in [0.15, 0.2) is 0 Å². The quantitative estimate of drug-likeness (QED) is 0.658. The molecule has 2 N–H and O–H groups in total. The Hall–Kier alpha value is -3.44. The van der Waals surface area contributed by atoms with Gasteiger partial charge in [0, 0.05) is 24.6 Å². The minimum Gasteiger partial charge on any atom is -0.506 e. The number of amides is 1. The number of aryl methyl sites for hydroxylation is 1. The minimum atomic E-state index is -0.184. The fourth-order valence-corrected chi connectivity index (χ4v) is 6.31. The molecule has 8 heteroatoms. The Balaban J connectivity index is 0.000000412. The van der Waals surface area contributed by atoms with Gasteiger partial charge in [0.25, 0.3) is 5.91 Å². The van der Waals surface area contributed by atoms with Crippen LogP contribution in [0.4, 0.5) is 5.69 Å². The third-order valence-corrected chi connectivity index (χ3v) is 8.24. The van der Waals surface area contributed by atoms with E-state index in [0.717, 1.165) is 35.5 Å². The number of nitrogens with one attached hydrogen (secondary N) is 1. The van der Waals surface area contributed by atoms with Gasteiger partial charge in [-0.3, -0.25) is 9.80 Å². The summed E-state index contributed by atoms with van der Waals surface area (Å²) in [4.78, 5) is 19.0. The molecule has 2 fully saturated rings. The van der Waals surface area contributed by atoms with E-state index in [1.807, 2.05) is 18.2 Å². The zero-order chi connectivity index (χ0) is 25.9. The normalized spacial score (nSPS) is 22.9. The highest BCUT2D eigenvalue weighted by Crippen LogP contribution is 2.45. The lowest BCUT2D eigenvalue weighted by atomic mass is 9.76. The number of pyridine rings is 1. The van der Waals surface area contributed by atoms with Crippen molar-refractivity contribution in [2.45, 2.75) is 57.4 Å². The lowest BCUT2D eigenvalue weighted by Gasteiger charge is -2.34. The zero-order valence-electron chi connectivity index (χ0n) is 21.8. The molecule has 194 valence electrons. The molecular weight excluding hydrogens is 464 g/mol. The molecule has 1 aromatic carbocycles. The zero-order valence-corrected chi connectivity index (χ0v) is 21.8. The molecule has 1 aromatic heterocycles. The second-order valence-electron chi connectivity index (χ2n) is 10.6. The van der Waals surface area contributed by atoms with E-state index >= 15 is 0 Å². The Kier molecular flexibility index (Phi) is 7.43. The molecule has 0 radical (unpaired) electrons. The van der Waals surface area contributed by atoms with Gasteiger partial charge < -0.3 is 15.3 Å². The van der Waals surface area contributed by atoms with Gasteiger partial charge in [0.2, 0.25) is 0 Å². The van der Waals surface area contributed by atoms with Crippen LogP contribution in [-0.4, -0.2) is 59.8 Å². The molecule has 0 spiro atoms. The summed E-state index contributed by atoms with van der Waals surface area (Å²) < 4.78 is 0. The summed E-state index contributed by atoms with van der Waals surface area (Å²) in [7, 11) is 3.78. The Morgan fingerprint density at radius 1 is 1.11 bits per heavy atom. The highest BCUT2D eigenvalue weighted by molar-refractivity contribution is 6.07. The average molecular weight is 501 g/mol. The summed E-state index contributed by atoms with van der Waals surface area (Å²) in [5.41, 5.74) is 4.48. The number of phenols is 1. The third kappa shape index (κ3) is 5.05. The smallest absolute Gasteiger partial charge is 0.269 e. The Bertz CT molecular complexity index is 1220. The van der Waals surface area contributed by atoms with Crippen LogP contribution in [0.25, 0.3) is 0 Å². The van der Waals surface area contributed by atoms with Crippen molar-refractivity contribution in [2.75, 3.05) is 32.2 Å². The van der Waals surface area contributed by atoms with Gasteiger partial charge in [-0.1, -0.05) is 12.8 Å². The number of hydrazone groups is 1. The number of likely N-dealkylation sites (tertiary alicyclic amines) is 1. The average Bonchev–Trinajstić information content (AvgIpc) is 3.69. The summed E-state index contributed by atoms with van der Waals surface area (Å²) in [5.74, 6) is 0.638. The second kappa shape index (κ2) is 10.9. The van der Waals surface area contributed by atoms with Crippen molar-refractivity contribution in [2.24, 2.45) is 16.9 Å². The van der Waals surface area contributed by atoms with Crippen molar-refractivity contribution in [3.05, 3.63) is 52.8 Å². The molecule has 0 bridgehead atoms. The molecule has 2 aliphatic heterocycles. The maximum Gasteiger partial charge on any atom is 0.269 e. The lowest BCUT2D eigenvalue weighted by molar-refractivity contribution is 0.0958. The predicted molar refractivity (Wildman–Crippen MR) is 144 cm³/mol. The predicted octanol–water partition coefficient (Wildman–Crippen LogP) is 4.08. The summed E-state index contributed by atoms with van der Waals surface area (Å²) in [6.45, 7) is 2.64. The van der Waals surface area contributed by atoms with E-state index in [9.17, 15) is 9.90 Å². The molecule has 2 aliphatic carbocycles. The molecule has 2 atom stereocenters. The van der Waals surface area contributed by atoms with Gasteiger partial charge in [-0.2, -0.15) is 10.4 Å². The summed E-state index contributed by atoms with van der Waals surface area (Å²) in [6.07, 6.45) is 9.43. The number of aromatic hydroxyl groups is 1. The van der Waals surface area contributed by atoms with E-state index in [4.69, 9.17) is 10.4 Å². The monoisotopic (exact) mass is 500 g/mol. The number of fused-ring (bicyclic) bond motifs is 3. The molecular formula is C29H36N6O2. The second-order valence-corrected chi connectivity index (χ2v) is 10.6. The molecule has 6 rings (SSSR count). The lowest BCUT2D eigenvalue weighted by Crippen LogP contribution is -2.40. The van der Waals surface area contributed by atoms with E-state index < -0.39 is 0 Å². The van der Waals surface area contributed by atoms with E-state index in [-0.39, 0.29) is 23.3 Å². The first-order valence-electron chi connectivity index (χ1n) is 13.5. The first-order chi connectivity index (χ1) is 18.0. The van der Waals surface area contributed by atoms with Gasteiger partial charge in [0.1, 0.15) is 17.5 Å². The molecule has 3 heterocycles. The maximum atomic E-state index is 12.0. The highest BCUT2D eigenvalue weighted by atomic mass is 16.3. The van der Waals surface area contributed by atoms with Crippen molar-refractivity contribution in [3.63, 3.8) is 0 Å². The van der Waals surface area contributed by atoms with Crippen LogP contribution in [0.1, 0.15) is 72.3 Å². The number of hydrogen-bond acceptors (Lipinski definition) is 7. The molecule has 4 aliphatic rings. The van der Waals surface area contributed by atoms with Gasteiger partial charge in [-0.15, -0.1) is 0 Å². The molecule has 1 saturated carbocycles. The topological polar surface area (TPSA) is 105 Å². The molecule has 2 aromatic rings. The van der Waals surface area contributed by atoms with Gasteiger partial charge in [-0.05, 0) is 88.8 Å². The summed E-state index contributed by atoms with van der Waals surface area (Å²) in [6, 6.07) is 11.2. The molecule has 37 heavy (non-hydrogen) atoms. The standard InChI is InChI=1S/C24H25N5O2.C5H11N/c1-26-24(31)20-11-8-17-19(27-20)10-9-18-22(17)28-29(23(18)14-4-2-3-5-14)16-7-6-15(13-25)21(30)12-16;1-6-4-2-3-5-6/h6-8,11-12,14,18,23,30H,2-5,9-10H2,1H3,(H,26,31);2-5H2,1H3. The third-order valence-electron chi connectivity index (χ3n) is 8.24. The first-order valence-corrected chi connectivity index (χ1v) is 13.5. The van der Waals surface area contributed by atoms with Crippen molar-refractivity contribution < 1.29 is 9.90 Å². The van der Waals surface area contributed by atoms with E-state index in [1.54, 1.807) is 25.2 Å². The molecule has 1 amide bonds. The number of carbonyl (C=O) groups excluding carboxylic acids is 1. The number of nitriles is 1. The van der Waals surface area contributed by atoms with Gasteiger partial charge >= 0.3 is 0 Å². The molecule has 2 unspecified atom stereocenters. The Labute approximate surface area is 219 Å². The van der Waals surface area contributed by atoms with Crippen LogP contribution in [0.15, 0.2) is 35.4 Å². The number of phenolic OH excluding ortho intramolecular Hbond substituents is 1. The molecule has 1 saturated heterocycles. The van der Waals surface area contributed by atoms with Crippen molar-refractivity contribution in [3.8, 4) is 11.8 Å².